The fraction of sp³-hybridized carbons (Fsp3) is 0.481. The lowest BCUT2D eigenvalue weighted by Crippen LogP contribution is -2.04. The van der Waals surface area contributed by atoms with E-state index in [0.29, 0.717) is 18.8 Å². The maximum absolute atomic E-state index is 9.50. The minimum Gasteiger partial charge on any atom is -0.493 e. The largest absolute Gasteiger partial charge is 0.493 e. The van der Waals surface area contributed by atoms with Crippen LogP contribution in [0.4, 0.5) is 5.69 Å². The molecule has 31 heavy (non-hydrogen) atoms. The Hall–Kier alpha value is -2.80. The summed E-state index contributed by atoms with van der Waals surface area (Å²) in [5.74, 6) is 1.18. The van der Waals surface area contributed by atoms with Crippen molar-refractivity contribution in [2.24, 2.45) is 10.9 Å². The predicted octanol–water partition coefficient (Wildman–Crippen LogP) is 7.30. The average Bonchev–Trinajstić information content (AvgIpc) is 2.81. The smallest absolute Gasteiger partial charge is 0.161 e. The number of ether oxygens (including phenoxy) is 2. The van der Waals surface area contributed by atoms with Crippen LogP contribution in [0.1, 0.15) is 63.9 Å². The van der Waals surface area contributed by atoms with Crippen LogP contribution < -0.4 is 9.47 Å². The van der Waals surface area contributed by atoms with Crippen molar-refractivity contribution in [3.8, 4) is 17.6 Å². The van der Waals surface area contributed by atoms with Crippen LogP contribution in [0.3, 0.4) is 0 Å². The molecule has 0 spiro atoms. The van der Waals surface area contributed by atoms with Crippen molar-refractivity contribution in [3.63, 3.8) is 0 Å². The normalized spacial score (nSPS) is 11.9. The molecule has 1 atom stereocenters. The average molecular weight is 421 g/mol. The van der Waals surface area contributed by atoms with Crippen molar-refractivity contribution >= 4 is 11.9 Å². The lowest BCUT2D eigenvalue weighted by Gasteiger charge is -2.13. The first-order valence-corrected chi connectivity index (χ1v) is 11.6. The monoisotopic (exact) mass is 420 g/mol. The lowest BCUT2D eigenvalue weighted by molar-refractivity contribution is 0.284. The van der Waals surface area contributed by atoms with Crippen molar-refractivity contribution in [3.05, 3.63) is 54.1 Å². The molecule has 2 aromatic rings. The van der Waals surface area contributed by atoms with E-state index in [-0.39, 0.29) is 5.92 Å². The molecule has 0 saturated carbocycles. The molecular formula is C27H36N2O2. The van der Waals surface area contributed by atoms with E-state index in [4.69, 9.17) is 9.47 Å². The molecule has 0 aliphatic heterocycles. The topological polar surface area (TPSA) is 54.6 Å². The molecule has 0 aromatic heterocycles. The van der Waals surface area contributed by atoms with Crippen LogP contribution in [0.2, 0.25) is 0 Å². The van der Waals surface area contributed by atoms with Crippen LogP contribution in [0.15, 0.2) is 53.5 Å². The van der Waals surface area contributed by atoms with E-state index in [0.717, 1.165) is 23.4 Å². The predicted molar refractivity (Wildman–Crippen MR) is 129 cm³/mol. The van der Waals surface area contributed by atoms with Crippen LogP contribution >= 0.6 is 0 Å². The minimum absolute atomic E-state index is 0.297. The number of nitrogens with zero attached hydrogens (tertiary/aromatic N) is 2. The highest BCUT2D eigenvalue weighted by molar-refractivity contribution is 5.69. The van der Waals surface area contributed by atoms with E-state index in [1.165, 1.54) is 44.9 Å². The molecule has 2 rings (SSSR count). The number of benzene rings is 2. The Kier molecular flexibility index (Phi) is 11.9. The maximum Gasteiger partial charge on any atom is 0.161 e. The van der Waals surface area contributed by atoms with Gasteiger partial charge in [0.2, 0.25) is 0 Å². The Bertz CT molecular complexity index is 812. The summed E-state index contributed by atoms with van der Waals surface area (Å²) in [7, 11) is 1.65. The molecule has 0 radical (unpaired) electrons. The fourth-order valence-electron chi connectivity index (χ4n) is 3.45. The molecule has 1 unspecified atom stereocenters. The van der Waals surface area contributed by atoms with E-state index in [1.807, 2.05) is 48.5 Å². The Morgan fingerprint density at radius 2 is 1.65 bits per heavy atom. The molecule has 0 saturated heterocycles. The van der Waals surface area contributed by atoms with Crippen molar-refractivity contribution < 1.29 is 9.47 Å². The van der Waals surface area contributed by atoms with Gasteiger partial charge in [0.1, 0.15) is 0 Å². The number of rotatable bonds is 15. The van der Waals surface area contributed by atoms with Crippen molar-refractivity contribution in [1.29, 1.82) is 5.26 Å². The molecule has 2 aromatic carbocycles. The highest BCUT2D eigenvalue weighted by atomic mass is 16.5. The molecule has 166 valence electrons. The first kappa shape index (κ1) is 24.5. The summed E-state index contributed by atoms with van der Waals surface area (Å²) in [5.41, 5.74) is 1.88. The zero-order chi connectivity index (χ0) is 22.2. The van der Waals surface area contributed by atoms with Gasteiger partial charge in [-0.3, -0.25) is 4.99 Å². The Balaban J connectivity index is 1.79. The second-order valence-corrected chi connectivity index (χ2v) is 7.86. The molecule has 0 aliphatic rings. The molecular weight excluding hydrogens is 384 g/mol. The first-order valence-electron chi connectivity index (χ1n) is 11.6. The van der Waals surface area contributed by atoms with Crippen molar-refractivity contribution in [2.75, 3.05) is 13.7 Å². The second-order valence-electron chi connectivity index (χ2n) is 7.86. The summed E-state index contributed by atoms with van der Waals surface area (Å²) in [6.45, 7) is 2.95. The Morgan fingerprint density at radius 1 is 0.935 bits per heavy atom. The van der Waals surface area contributed by atoms with Crippen LogP contribution in [-0.4, -0.2) is 19.9 Å². The van der Waals surface area contributed by atoms with Gasteiger partial charge in [-0.05, 0) is 42.7 Å². The van der Waals surface area contributed by atoms with Crippen molar-refractivity contribution in [2.45, 2.75) is 64.7 Å². The van der Waals surface area contributed by atoms with Gasteiger partial charge in [0.15, 0.2) is 11.5 Å². The zero-order valence-corrected chi connectivity index (χ0v) is 19.1. The van der Waals surface area contributed by atoms with E-state index < -0.39 is 0 Å². The third-order valence-corrected chi connectivity index (χ3v) is 5.26. The van der Waals surface area contributed by atoms with Crippen LogP contribution in [0.5, 0.6) is 11.5 Å². The fourth-order valence-corrected chi connectivity index (χ4v) is 3.45. The number of methoxy groups -OCH3 is 1. The molecule has 0 amide bonds. The molecule has 0 heterocycles. The second kappa shape index (κ2) is 15.1. The number of para-hydroxylation sites is 1. The first-order chi connectivity index (χ1) is 15.3. The molecule has 4 heteroatoms. The molecule has 4 nitrogen and oxygen atoms in total. The third kappa shape index (κ3) is 9.70. The van der Waals surface area contributed by atoms with Gasteiger partial charge in [-0.25, -0.2) is 0 Å². The minimum atomic E-state index is -0.297. The van der Waals surface area contributed by atoms with Gasteiger partial charge in [-0.2, -0.15) is 5.26 Å². The lowest BCUT2D eigenvalue weighted by atomic mass is 10.0. The van der Waals surface area contributed by atoms with Gasteiger partial charge in [-0.1, -0.05) is 76.1 Å². The van der Waals surface area contributed by atoms with Gasteiger partial charge >= 0.3 is 0 Å². The highest BCUT2D eigenvalue weighted by Gasteiger charge is 2.10. The van der Waals surface area contributed by atoms with Gasteiger partial charge < -0.3 is 9.47 Å². The van der Waals surface area contributed by atoms with Crippen LogP contribution in [-0.2, 0) is 6.42 Å². The third-order valence-electron chi connectivity index (χ3n) is 5.26. The summed E-state index contributed by atoms with van der Waals surface area (Å²) in [6, 6.07) is 17.9. The maximum atomic E-state index is 9.50. The molecule has 0 N–H and O–H groups in total. The number of hydrogen-bond donors (Lipinski definition) is 0. The standard InChI is InChI=1S/C27H36N2O2/c1-3-4-5-6-7-8-9-13-18-31-26-17-16-23(20-27(26)30-2)19-24(21-28)22-29-25-14-11-10-12-15-25/h10-12,14-17,20,22,24H,3-9,13,18-19H2,1-2H3. The molecule has 0 aliphatic carbocycles. The van der Waals surface area contributed by atoms with E-state index in [2.05, 4.69) is 18.0 Å². The van der Waals surface area contributed by atoms with Gasteiger partial charge in [0.05, 0.1) is 31.4 Å². The summed E-state index contributed by atoms with van der Waals surface area (Å²) < 4.78 is 11.5. The molecule has 0 bridgehead atoms. The van der Waals surface area contributed by atoms with Crippen LogP contribution in [0, 0.1) is 17.2 Å². The van der Waals surface area contributed by atoms with Crippen molar-refractivity contribution in [1.82, 2.24) is 0 Å². The summed E-state index contributed by atoms with van der Waals surface area (Å²) >= 11 is 0. The number of aliphatic imine (C=N–C) groups is 1. The zero-order valence-electron chi connectivity index (χ0n) is 19.1. The molecule has 0 fully saturated rings. The van der Waals surface area contributed by atoms with Gasteiger partial charge in [0.25, 0.3) is 0 Å². The summed E-state index contributed by atoms with van der Waals surface area (Å²) in [6.07, 6.45) is 12.5. The summed E-state index contributed by atoms with van der Waals surface area (Å²) in [4.78, 5) is 4.42. The van der Waals surface area contributed by atoms with E-state index in [9.17, 15) is 5.26 Å². The SMILES string of the molecule is CCCCCCCCCCOc1ccc(CC(C#N)C=Nc2ccccc2)cc1OC. The highest BCUT2D eigenvalue weighted by Crippen LogP contribution is 2.29. The van der Waals surface area contributed by atoms with Gasteiger partial charge in [-0.15, -0.1) is 0 Å². The Labute approximate surface area is 187 Å². The quantitative estimate of drug-likeness (QED) is 0.224. The van der Waals surface area contributed by atoms with E-state index in [1.54, 1.807) is 13.3 Å². The Morgan fingerprint density at radius 3 is 2.32 bits per heavy atom. The van der Waals surface area contributed by atoms with Crippen LogP contribution in [0.25, 0.3) is 0 Å². The summed E-state index contributed by atoms with van der Waals surface area (Å²) in [5, 5.41) is 9.50. The number of unbranched alkanes of at least 4 members (excludes halogenated alkanes) is 7. The number of hydrogen-bond acceptors (Lipinski definition) is 4. The van der Waals surface area contributed by atoms with Gasteiger partial charge in [0, 0.05) is 6.21 Å². The number of nitriles is 1. The van der Waals surface area contributed by atoms with E-state index >= 15 is 0 Å².